The first kappa shape index (κ1) is 20.6. The van der Waals surface area contributed by atoms with Crippen LogP contribution in [0.3, 0.4) is 0 Å². The van der Waals surface area contributed by atoms with Gasteiger partial charge in [0, 0.05) is 18.7 Å². The SMILES string of the molecule is Nc1ncnc2c1ncn2CC(=O)N1CC2(CC2)C[C@H]1C(=O)NCc1cccc(Cl)c1F. The van der Waals surface area contributed by atoms with Gasteiger partial charge in [-0.3, -0.25) is 9.59 Å². The highest BCUT2D eigenvalue weighted by Gasteiger charge is 2.55. The Morgan fingerprint density at radius 1 is 1.28 bits per heavy atom. The highest BCUT2D eigenvalue weighted by atomic mass is 35.5. The van der Waals surface area contributed by atoms with Crippen molar-refractivity contribution in [3.63, 3.8) is 0 Å². The lowest BCUT2D eigenvalue weighted by atomic mass is 10.0. The minimum Gasteiger partial charge on any atom is -0.382 e. The number of nitrogens with zero attached hydrogens (tertiary/aromatic N) is 5. The third kappa shape index (κ3) is 3.64. The molecule has 1 saturated carbocycles. The molecule has 32 heavy (non-hydrogen) atoms. The molecule has 0 unspecified atom stereocenters. The number of amides is 2. The number of imidazole rings is 1. The van der Waals surface area contributed by atoms with Gasteiger partial charge in [-0.05, 0) is 30.7 Å². The Labute approximate surface area is 187 Å². The lowest BCUT2D eigenvalue weighted by Gasteiger charge is -2.24. The Morgan fingerprint density at radius 3 is 2.88 bits per heavy atom. The molecule has 3 N–H and O–H groups in total. The van der Waals surface area contributed by atoms with E-state index in [0.717, 1.165) is 12.8 Å². The van der Waals surface area contributed by atoms with Gasteiger partial charge in [-0.25, -0.2) is 19.3 Å². The van der Waals surface area contributed by atoms with Crippen LogP contribution in [0.4, 0.5) is 10.2 Å². The zero-order valence-corrected chi connectivity index (χ0v) is 17.8. The van der Waals surface area contributed by atoms with Gasteiger partial charge >= 0.3 is 0 Å². The molecule has 1 saturated heterocycles. The summed E-state index contributed by atoms with van der Waals surface area (Å²) in [6.07, 6.45) is 5.39. The first-order chi connectivity index (χ1) is 15.4. The first-order valence-electron chi connectivity index (χ1n) is 10.3. The standard InChI is InChI=1S/C21H21ClFN7O2/c22-13-3-1-2-12(16(13)23)7-25-20(32)14-6-21(4-5-21)9-30(14)15(31)8-29-11-28-17-18(24)26-10-27-19(17)29/h1-3,10-11,14H,4-9H2,(H,25,32)(H2,24,26,27)/t14-/m0/s1. The maximum Gasteiger partial charge on any atom is 0.243 e. The van der Waals surface area contributed by atoms with E-state index in [-0.39, 0.29) is 41.2 Å². The van der Waals surface area contributed by atoms with E-state index in [1.54, 1.807) is 21.6 Å². The van der Waals surface area contributed by atoms with E-state index < -0.39 is 11.9 Å². The molecule has 1 aliphatic carbocycles. The summed E-state index contributed by atoms with van der Waals surface area (Å²) in [5, 5.41) is 2.77. The van der Waals surface area contributed by atoms with Crippen molar-refractivity contribution in [1.29, 1.82) is 0 Å². The molecule has 1 aromatic carbocycles. The Morgan fingerprint density at radius 2 is 2.09 bits per heavy atom. The topological polar surface area (TPSA) is 119 Å². The van der Waals surface area contributed by atoms with Crippen LogP contribution in [0.25, 0.3) is 11.2 Å². The van der Waals surface area contributed by atoms with Crippen molar-refractivity contribution in [2.45, 2.75) is 38.4 Å². The van der Waals surface area contributed by atoms with Crippen molar-refractivity contribution < 1.29 is 14.0 Å². The van der Waals surface area contributed by atoms with Crippen molar-refractivity contribution in [2.75, 3.05) is 12.3 Å². The lowest BCUT2D eigenvalue weighted by Crippen LogP contribution is -2.46. The van der Waals surface area contributed by atoms with Gasteiger partial charge in [0.05, 0.1) is 11.3 Å². The number of likely N-dealkylation sites (tertiary alicyclic amines) is 1. The fraction of sp³-hybridized carbons (Fsp3) is 0.381. The molecule has 1 atom stereocenters. The zero-order valence-electron chi connectivity index (χ0n) is 17.1. The third-order valence-electron chi connectivity index (χ3n) is 6.31. The predicted octanol–water partition coefficient (Wildman–Crippen LogP) is 1.90. The second-order valence-corrected chi connectivity index (χ2v) is 8.88. The van der Waals surface area contributed by atoms with Crippen molar-refractivity contribution in [1.82, 2.24) is 29.7 Å². The van der Waals surface area contributed by atoms with Crippen LogP contribution in [0.5, 0.6) is 0 Å². The molecule has 9 nitrogen and oxygen atoms in total. The zero-order chi connectivity index (χ0) is 22.5. The molecule has 166 valence electrons. The second kappa shape index (κ2) is 7.70. The van der Waals surface area contributed by atoms with Gasteiger partial charge in [-0.1, -0.05) is 23.7 Å². The average Bonchev–Trinajstić information content (AvgIpc) is 3.22. The number of anilines is 1. The fourth-order valence-corrected chi connectivity index (χ4v) is 4.52. The van der Waals surface area contributed by atoms with Gasteiger partial charge in [0.25, 0.3) is 0 Å². The fourth-order valence-electron chi connectivity index (χ4n) is 4.33. The minimum atomic E-state index is -0.610. The van der Waals surface area contributed by atoms with Gasteiger partial charge in [-0.15, -0.1) is 0 Å². The summed E-state index contributed by atoms with van der Waals surface area (Å²) in [6, 6.07) is 4.04. The van der Waals surface area contributed by atoms with Crippen LogP contribution in [-0.2, 0) is 22.7 Å². The maximum atomic E-state index is 14.2. The Kier molecular flexibility index (Phi) is 4.96. The molecule has 3 aromatic rings. The summed E-state index contributed by atoms with van der Waals surface area (Å²) in [5.74, 6) is -0.826. The number of nitrogens with two attached hydrogens (primary N) is 1. The minimum absolute atomic E-state index is 0.000881. The number of fused-ring (bicyclic) bond motifs is 1. The highest BCUT2D eigenvalue weighted by Crippen LogP contribution is 2.54. The molecular weight excluding hydrogens is 437 g/mol. The lowest BCUT2D eigenvalue weighted by molar-refractivity contribution is -0.139. The van der Waals surface area contributed by atoms with Gasteiger partial charge in [-0.2, -0.15) is 0 Å². The molecule has 2 amide bonds. The molecule has 0 radical (unpaired) electrons. The quantitative estimate of drug-likeness (QED) is 0.604. The number of carbonyl (C=O) groups excluding carboxylic acids is 2. The Hall–Kier alpha value is -3.27. The number of nitrogen functional groups attached to an aromatic ring is 1. The normalized spacial score (nSPS) is 18.9. The molecule has 5 rings (SSSR count). The third-order valence-corrected chi connectivity index (χ3v) is 6.60. The van der Waals surface area contributed by atoms with Crippen molar-refractivity contribution >= 4 is 40.4 Å². The van der Waals surface area contributed by atoms with E-state index in [4.69, 9.17) is 17.3 Å². The molecule has 3 heterocycles. The molecule has 1 aliphatic heterocycles. The maximum absolute atomic E-state index is 14.2. The Balaban J connectivity index is 1.31. The largest absolute Gasteiger partial charge is 0.382 e. The van der Waals surface area contributed by atoms with E-state index in [1.807, 2.05) is 0 Å². The van der Waals surface area contributed by atoms with Crippen LogP contribution in [0.15, 0.2) is 30.9 Å². The van der Waals surface area contributed by atoms with Crippen molar-refractivity contribution in [2.24, 2.45) is 5.41 Å². The Bertz CT molecular complexity index is 1230. The second-order valence-electron chi connectivity index (χ2n) is 8.48. The van der Waals surface area contributed by atoms with E-state index >= 15 is 0 Å². The number of nitrogens with one attached hydrogen (secondary N) is 1. The van der Waals surface area contributed by atoms with E-state index in [1.165, 1.54) is 18.7 Å². The van der Waals surface area contributed by atoms with Crippen molar-refractivity contribution in [3.8, 4) is 0 Å². The molecule has 0 bridgehead atoms. The number of hydrogen-bond acceptors (Lipinski definition) is 6. The van der Waals surface area contributed by atoms with Crippen LogP contribution >= 0.6 is 11.6 Å². The van der Waals surface area contributed by atoms with Crippen molar-refractivity contribution in [3.05, 3.63) is 47.3 Å². The number of rotatable bonds is 5. The van der Waals surface area contributed by atoms with E-state index in [9.17, 15) is 14.0 Å². The van der Waals surface area contributed by atoms with Crippen LogP contribution in [0.2, 0.25) is 5.02 Å². The molecule has 11 heteroatoms. The number of carbonyl (C=O) groups is 2. The van der Waals surface area contributed by atoms with Gasteiger partial charge < -0.3 is 20.5 Å². The van der Waals surface area contributed by atoms with Crippen LogP contribution < -0.4 is 11.1 Å². The predicted molar refractivity (Wildman–Crippen MR) is 115 cm³/mol. The molecule has 2 aromatic heterocycles. The number of hydrogen-bond donors (Lipinski definition) is 2. The van der Waals surface area contributed by atoms with Gasteiger partial charge in [0.15, 0.2) is 11.5 Å². The average molecular weight is 458 g/mol. The number of aromatic nitrogens is 4. The monoisotopic (exact) mass is 457 g/mol. The molecule has 2 aliphatic rings. The highest BCUT2D eigenvalue weighted by molar-refractivity contribution is 6.30. The first-order valence-corrected chi connectivity index (χ1v) is 10.7. The van der Waals surface area contributed by atoms with Gasteiger partial charge in [0.2, 0.25) is 11.8 Å². The summed E-state index contributed by atoms with van der Waals surface area (Å²) in [7, 11) is 0. The molecular formula is C21H21ClFN7O2. The number of halogens is 2. The summed E-state index contributed by atoms with van der Waals surface area (Å²) < 4.78 is 15.8. The van der Waals surface area contributed by atoms with Crippen LogP contribution in [0.1, 0.15) is 24.8 Å². The number of benzene rings is 1. The molecule has 1 spiro atoms. The van der Waals surface area contributed by atoms with Gasteiger partial charge in [0.1, 0.15) is 30.2 Å². The van der Waals surface area contributed by atoms with Crippen LogP contribution in [0, 0.1) is 11.2 Å². The van der Waals surface area contributed by atoms with E-state index in [0.29, 0.717) is 29.7 Å². The summed E-state index contributed by atoms with van der Waals surface area (Å²) in [5.41, 5.74) is 7.01. The van der Waals surface area contributed by atoms with E-state index in [2.05, 4.69) is 20.3 Å². The smallest absolute Gasteiger partial charge is 0.243 e. The van der Waals surface area contributed by atoms with Crippen LogP contribution in [-0.4, -0.2) is 48.8 Å². The summed E-state index contributed by atoms with van der Waals surface area (Å²) >= 11 is 5.82. The summed E-state index contributed by atoms with van der Waals surface area (Å²) in [4.78, 5) is 40.1. The molecule has 2 fully saturated rings. The summed E-state index contributed by atoms with van der Waals surface area (Å²) in [6.45, 7) is 0.508.